The maximum atomic E-state index is 6.14. The quantitative estimate of drug-likeness (QED) is 0.878. The van der Waals surface area contributed by atoms with E-state index in [1.807, 2.05) is 32.0 Å². The molecule has 0 aliphatic carbocycles. The van der Waals surface area contributed by atoms with Crippen LogP contribution < -0.4 is 14.8 Å². The van der Waals surface area contributed by atoms with E-state index in [1.165, 1.54) is 0 Å². The van der Waals surface area contributed by atoms with Gasteiger partial charge in [-0.2, -0.15) is 0 Å². The van der Waals surface area contributed by atoms with Gasteiger partial charge < -0.3 is 14.8 Å². The lowest BCUT2D eigenvalue weighted by atomic mass is 10.2. The molecule has 21 heavy (non-hydrogen) atoms. The number of para-hydroxylation sites is 1. The third-order valence-electron chi connectivity index (χ3n) is 3.37. The molecule has 6 heteroatoms. The zero-order valence-electron chi connectivity index (χ0n) is 11.9. The summed E-state index contributed by atoms with van der Waals surface area (Å²) in [6.07, 6.45) is 0.742. The first-order valence-electron chi connectivity index (χ1n) is 6.83. The number of benzene rings is 1. The van der Waals surface area contributed by atoms with Crippen LogP contribution in [0.25, 0.3) is 0 Å². The van der Waals surface area contributed by atoms with Crippen LogP contribution in [0.15, 0.2) is 18.2 Å². The summed E-state index contributed by atoms with van der Waals surface area (Å²) in [6, 6.07) is 5.84. The highest BCUT2D eigenvalue weighted by atomic mass is 35.5. The molecule has 0 spiro atoms. The van der Waals surface area contributed by atoms with E-state index in [-0.39, 0.29) is 6.79 Å². The Morgan fingerprint density at radius 3 is 2.95 bits per heavy atom. The van der Waals surface area contributed by atoms with Gasteiger partial charge in [0.15, 0.2) is 11.5 Å². The number of nitrogens with one attached hydrogen (secondary N) is 1. The van der Waals surface area contributed by atoms with Crippen molar-refractivity contribution >= 4 is 17.4 Å². The Bertz CT molecular complexity index is 676. The van der Waals surface area contributed by atoms with Crippen molar-refractivity contribution in [3.8, 4) is 11.5 Å². The Morgan fingerprint density at radius 2 is 2.14 bits per heavy atom. The predicted molar refractivity (Wildman–Crippen MR) is 81.0 cm³/mol. The molecule has 5 nitrogen and oxygen atoms in total. The smallest absolute Gasteiger partial charge is 0.231 e. The number of ether oxygens (including phenoxy) is 2. The fourth-order valence-corrected chi connectivity index (χ4v) is 2.36. The Morgan fingerprint density at radius 1 is 1.29 bits per heavy atom. The van der Waals surface area contributed by atoms with Gasteiger partial charge in [0.1, 0.15) is 16.8 Å². The summed E-state index contributed by atoms with van der Waals surface area (Å²) in [5.41, 5.74) is 1.87. The monoisotopic (exact) mass is 305 g/mol. The highest BCUT2D eigenvalue weighted by molar-refractivity contribution is 6.30. The molecule has 3 rings (SSSR count). The second-order valence-corrected chi connectivity index (χ2v) is 5.12. The number of hydrogen-bond acceptors (Lipinski definition) is 5. The van der Waals surface area contributed by atoms with Crippen LogP contribution in [0.3, 0.4) is 0 Å². The fourth-order valence-electron chi connectivity index (χ4n) is 2.17. The molecule has 1 aliphatic rings. The number of hydrogen-bond donors (Lipinski definition) is 1. The number of aromatic nitrogens is 2. The van der Waals surface area contributed by atoms with E-state index in [2.05, 4.69) is 15.3 Å². The van der Waals surface area contributed by atoms with Crippen molar-refractivity contribution in [3.63, 3.8) is 0 Å². The van der Waals surface area contributed by atoms with Gasteiger partial charge in [0, 0.05) is 24.1 Å². The summed E-state index contributed by atoms with van der Waals surface area (Å²) in [6.45, 7) is 4.76. The molecule has 1 aromatic carbocycles. The molecule has 1 aromatic heterocycles. The van der Waals surface area contributed by atoms with E-state index < -0.39 is 0 Å². The number of halogens is 1. The average Bonchev–Trinajstić information content (AvgIpc) is 2.97. The zero-order valence-corrected chi connectivity index (χ0v) is 12.7. The van der Waals surface area contributed by atoms with Crippen LogP contribution in [0.5, 0.6) is 11.5 Å². The van der Waals surface area contributed by atoms with Gasteiger partial charge in [-0.15, -0.1) is 0 Å². The maximum absolute atomic E-state index is 6.14. The SMILES string of the molecule is CCc1nc(Cl)c(C)c(NCc2cccc3c2OCO3)n1. The van der Waals surface area contributed by atoms with Gasteiger partial charge in [0.05, 0.1) is 0 Å². The molecule has 0 fully saturated rings. The van der Waals surface area contributed by atoms with Gasteiger partial charge in [0.25, 0.3) is 0 Å². The molecule has 0 atom stereocenters. The predicted octanol–water partition coefficient (Wildman–Crippen LogP) is 3.34. The van der Waals surface area contributed by atoms with Crippen LogP contribution in [0.4, 0.5) is 5.82 Å². The van der Waals surface area contributed by atoms with E-state index in [4.69, 9.17) is 21.1 Å². The molecule has 0 radical (unpaired) electrons. The van der Waals surface area contributed by atoms with E-state index in [0.29, 0.717) is 11.7 Å². The number of anilines is 1. The highest BCUT2D eigenvalue weighted by Crippen LogP contribution is 2.35. The minimum Gasteiger partial charge on any atom is -0.454 e. The molecule has 0 saturated carbocycles. The van der Waals surface area contributed by atoms with Crippen LogP contribution in [-0.2, 0) is 13.0 Å². The first-order valence-corrected chi connectivity index (χ1v) is 7.21. The number of fused-ring (bicyclic) bond motifs is 1. The average molecular weight is 306 g/mol. The maximum Gasteiger partial charge on any atom is 0.231 e. The molecule has 0 amide bonds. The summed E-state index contributed by atoms with van der Waals surface area (Å²) < 4.78 is 10.9. The summed E-state index contributed by atoms with van der Waals surface area (Å²) in [5.74, 6) is 3.05. The summed E-state index contributed by atoms with van der Waals surface area (Å²) in [5, 5.41) is 3.79. The largest absolute Gasteiger partial charge is 0.454 e. The van der Waals surface area contributed by atoms with Crippen LogP contribution in [0.2, 0.25) is 5.15 Å². The lowest BCUT2D eigenvalue weighted by molar-refractivity contribution is 0.173. The molecule has 0 saturated heterocycles. The molecule has 110 valence electrons. The second-order valence-electron chi connectivity index (χ2n) is 4.76. The van der Waals surface area contributed by atoms with Gasteiger partial charge in [-0.25, -0.2) is 9.97 Å². The van der Waals surface area contributed by atoms with Crippen LogP contribution in [-0.4, -0.2) is 16.8 Å². The third-order valence-corrected chi connectivity index (χ3v) is 3.74. The Labute approximate surface area is 128 Å². The standard InChI is InChI=1S/C15H16ClN3O2/c1-3-12-18-14(16)9(2)15(19-12)17-7-10-5-4-6-11-13(10)21-8-20-11/h4-6H,3,7-8H2,1-2H3,(H,17,18,19). The van der Waals surface area contributed by atoms with Crippen molar-refractivity contribution < 1.29 is 9.47 Å². The summed E-state index contributed by atoms with van der Waals surface area (Å²) >= 11 is 6.14. The molecule has 2 aromatic rings. The first-order chi connectivity index (χ1) is 10.2. The normalized spacial score (nSPS) is 12.5. The Hall–Kier alpha value is -2.01. The molecule has 2 heterocycles. The van der Waals surface area contributed by atoms with Crippen LogP contribution in [0, 0.1) is 6.92 Å². The van der Waals surface area contributed by atoms with Crippen molar-refractivity contribution in [2.75, 3.05) is 12.1 Å². The lowest BCUT2D eigenvalue weighted by Gasteiger charge is -2.12. The zero-order chi connectivity index (χ0) is 14.8. The number of rotatable bonds is 4. The third kappa shape index (κ3) is 2.74. The van der Waals surface area contributed by atoms with E-state index in [1.54, 1.807) is 0 Å². The molecule has 0 unspecified atom stereocenters. The Kier molecular flexibility index (Phi) is 3.84. The highest BCUT2D eigenvalue weighted by Gasteiger charge is 2.17. The van der Waals surface area contributed by atoms with Gasteiger partial charge in [-0.05, 0) is 13.0 Å². The lowest BCUT2D eigenvalue weighted by Crippen LogP contribution is -2.07. The van der Waals surface area contributed by atoms with Gasteiger partial charge in [-0.3, -0.25) is 0 Å². The minimum atomic E-state index is 0.269. The molecule has 0 bridgehead atoms. The molecular weight excluding hydrogens is 290 g/mol. The van der Waals surface area contributed by atoms with Crippen molar-refractivity contribution in [1.82, 2.24) is 9.97 Å². The summed E-state index contributed by atoms with van der Waals surface area (Å²) in [4.78, 5) is 8.72. The molecule has 1 aliphatic heterocycles. The Balaban J connectivity index is 1.83. The van der Waals surface area contributed by atoms with Crippen molar-refractivity contribution in [3.05, 3.63) is 40.3 Å². The van der Waals surface area contributed by atoms with E-state index >= 15 is 0 Å². The van der Waals surface area contributed by atoms with Gasteiger partial charge in [-0.1, -0.05) is 30.7 Å². The first kappa shape index (κ1) is 13.9. The van der Waals surface area contributed by atoms with Gasteiger partial charge in [0.2, 0.25) is 6.79 Å². The van der Waals surface area contributed by atoms with E-state index in [0.717, 1.165) is 40.7 Å². The van der Waals surface area contributed by atoms with E-state index in [9.17, 15) is 0 Å². The fraction of sp³-hybridized carbons (Fsp3) is 0.333. The number of aryl methyl sites for hydroxylation is 1. The summed E-state index contributed by atoms with van der Waals surface area (Å²) in [7, 11) is 0. The molecular formula is C15H16ClN3O2. The number of nitrogens with zero attached hydrogens (tertiary/aromatic N) is 2. The van der Waals surface area contributed by atoms with Gasteiger partial charge >= 0.3 is 0 Å². The van der Waals surface area contributed by atoms with Crippen molar-refractivity contribution in [2.45, 2.75) is 26.8 Å². The minimum absolute atomic E-state index is 0.269. The van der Waals surface area contributed by atoms with Crippen LogP contribution >= 0.6 is 11.6 Å². The second kappa shape index (κ2) is 5.77. The van der Waals surface area contributed by atoms with Crippen molar-refractivity contribution in [2.24, 2.45) is 0 Å². The van der Waals surface area contributed by atoms with Crippen LogP contribution in [0.1, 0.15) is 23.9 Å². The topological polar surface area (TPSA) is 56.3 Å². The molecule has 1 N–H and O–H groups in total. The van der Waals surface area contributed by atoms with Crippen molar-refractivity contribution in [1.29, 1.82) is 0 Å².